The van der Waals surface area contributed by atoms with Gasteiger partial charge in [0, 0.05) is 6.42 Å². The Morgan fingerprint density at radius 3 is 2.45 bits per heavy atom. The Labute approximate surface area is 115 Å². The number of rotatable bonds is 8. The zero-order valence-corrected chi connectivity index (χ0v) is 10.7. The van der Waals surface area contributed by atoms with Crippen LogP contribution in [0.2, 0.25) is 0 Å². The molecule has 0 saturated carbocycles. The highest BCUT2D eigenvalue weighted by Gasteiger charge is 2.20. The minimum atomic E-state index is -1.22. The van der Waals surface area contributed by atoms with Crippen molar-refractivity contribution >= 4 is 17.8 Å². The lowest BCUT2D eigenvalue weighted by molar-refractivity contribution is -0.142. The van der Waals surface area contributed by atoms with Gasteiger partial charge in [0.15, 0.2) is 6.61 Å². The van der Waals surface area contributed by atoms with Crippen molar-refractivity contribution in [2.24, 2.45) is 5.73 Å². The standard InChI is InChI=1S/C13H16N2O5/c14-11(16)7-6-10(13(18)19)15-12(17)8-20-9-4-2-1-3-5-9/h1-5,10H,6-8H2,(H2,14,16)(H,15,17)(H,18,19)/t10-/m0/s1. The molecule has 2 amide bonds. The van der Waals surface area contributed by atoms with Gasteiger partial charge in [-0.2, -0.15) is 0 Å². The van der Waals surface area contributed by atoms with Gasteiger partial charge in [-0.15, -0.1) is 0 Å². The first-order chi connectivity index (χ1) is 9.49. The van der Waals surface area contributed by atoms with E-state index in [0.29, 0.717) is 5.75 Å². The normalized spacial score (nSPS) is 11.4. The maximum Gasteiger partial charge on any atom is 0.326 e. The van der Waals surface area contributed by atoms with Gasteiger partial charge in [-0.05, 0) is 18.6 Å². The lowest BCUT2D eigenvalue weighted by atomic mass is 10.1. The predicted octanol–water partition coefficient (Wildman–Crippen LogP) is -0.0997. The molecule has 108 valence electrons. The third-order valence-electron chi connectivity index (χ3n) is 2.43. The number of carboxylic acid groups (broad SMARTS) is 1. The summed E-state index contributed by atoms with van der Waals surface area (Å²) in [4.78, 5) is 33.1. The molecule has 0 spiro atoms. The van der Waals surface area contributed by atoms with Crippen LogP contribution in [-0.4, -0.2) is 35.5 Å². The molecule has 0 aromatic heterocycles. The summed E-state index contributed by atoms with van der Waals surface area (Å²) in [6.07, 6.45) is -0.168. The van der Waals surface area contributed by atoms with Crippen LogP contribution < -0.4 is 15.8 Å². The van der Waals surface area contributed by atoms with Crippen molar-refractivity contribution in [3.05, 3.63) is 30.3 Å². The first-order valence-corrected chi connectivity index (χ1v) is 5.97. The fraction of sp³-hybridized carbons (Fsp3) is 0.308. The molecule has 0 bridgehead atoms. The number of carbonyl (C=O) groups excluding carboxylic acids is 2. The van der Waals surface area contributed by atoms with Gasteiger partial charge in [0.1, 0.15) is 11.8 Å². The van der Waals surface area contributed by atoms with Crippen LogP contribution in [0.25, 0.3) is 0 Å². The van der Waals surface area contributed by atoms with E-state index in [1.54, 1.807) is 30.3 Å². The van der Waals surface area contributed by atoms with Crippen molar-refractivity contribution in [3.8, 4) is 5.75 Å². The Balaban J connectivity index is 2.41. The zero-order chi connectivity index (χ0) is 15.0. The van der Waals surface area contributed by atoms with Crippen molar-refractivity contribution in [1.29, 1.82) is 0 Å². The smallest absolute Gasteiger partial charge is 0.326 e. The number of hydrogen-bond donors (Lipinski definition) is 3. The Kier molecular flexibility index (Phi) is 6.02. The summed E-state index contributed by atoms with van der Waals surface area (Å²) in [6, 6.07) is 7.50. The number of carbonyl (C=O) groups is 3. The van der Waals surface area contributed by atoms with E-state index in [0.717, 1.165) is 0 Å². The second kappa shape index (κ2) is 7.78. The molecule has 0 radical (unpaired) electrons. The van der Waals surface area contributed by atoms with E-state index in [9.17, 15) is 14.4 Å². The van der Waals surface area contributed by atoms with E-state index in [1.165, 1.54) is 0 Å². The van der Waals surface area contributed by atoms with E-state index in [2.05, 4.69) is 5.32 Å². The second-order valence-corrected chi connectivity index (χ2v) is 4.07. The topological polar surface area (TPSA) is 119 Å². The molecule has 1 rings (SSSR count). The van der Waals surface area contributed by atoms with E-state index in [-0.39, 0.29) is 19.4 Å². The number of benzene rings is 1. The third kappa shape index (κ3) is 5.85. The van der Waals surface area contributed by atoms with E-state index in [4.69, 9.17) is 15.6 Å². The number of amides is 2. The molecule has 20 heavy (non-hydrogen) atoms. The predicted molar refractivity (Wildman–Crippen MR) is 69.9 cm³/mol. The fourth-order valence-electron chi connectivity index (χ4n) is 1.45. The molecular weight excluding hydrogens is 264 g/mol. The van der Waals surface area contributed by atoms with Crippen molar-refractivity contribution in [1.82, 2.24) is 5.32 Å². The highest BCUT2D eigenvalue weighted by Crippen LogP contribution is 2.07. The van der Waals surface area contributed by atoms with Gasteiger partial charge in [0.2, 0.25) is 5.91 Å². The number of aliphatic carboxylic acids is 1. The first kappa shape index (κ1) is 15.5. The van der Waals surface area contributed by atoms with Gasteiger partial charge in [0.05, 0.1) is 0 Å². The second-order valence-electron chi connectivity index (χ2n) is 4.07. The number of nitrogens with two attached hydrogens (primary N) is 1. The number of para-hydroxylation sites is 1. The molecular formula is C13H16N2O5. The van der Waals surface area contributed by atoms with E-state index < -0.39 is 23.8 Å². The third-order valence-corrected chi connectivity index (χ3v) is 2.43. The van der Waals surface area contributed by atoms with Gasteiger partial charge >= 0.3 is 5.97 Å². The van der Waals surface area contributed by atoms with Crippen molar-refractivity contribution < 1.29 is 24.2 Å². The summed E-state index contributed by atoms with van der Waals surface area (Å²) in [6.45, 7) is -0.301. The van der Waals surface area contributed by atoms with Gasteiger partial charge < -0.3 is 20.9 Å². The van der Waals surface area contributed by atoms with E-state index >= 15 is 0 Å². The number of nitrogens with one attached hydrogen (secondary N) is 1. The van der Waals surface area contributed by atoms with Crippen molar-refractivity contribution in [2.75, 3.05) is 6.61 Å². The Bertz CT molecular complexity index is 475. The molecule has 0 saturated heterocycles. The molecule has 0 fully saturated rings. The van der Waals surface area contributed by atoms with Crippen LogP contribution in [0.15, 0.2) is 30.3 Å². The maximum absolute atomic E-state index is 11.6. The molecule has 4 N–H and O–H groups in total. The summed E-state index contributed by atoms with van der Waals surface area (Å²) < 4.78 is 5.18. The molecule has 1 aromatic rings. The number of carboxylic acids is 1. The molecule has 0 aliphatic carbocycles. The van der Waals surface area contributed by atoms with Crippen molar-refractivity contribution in [2.45, 2.75) is 18.9 Å². The van der Waals surface area contributed by atoms with Crippen LogP contribution in [0.4, 0.5) is 0 Å². The molecule has 0 unspecified atom stereocenters. The van der Waals surface area contributed by atoms with Crippen molar-refractivity contribution in [3.63, 3.8) is 0 Å². The number of ether oxygens (including phenoxy) is 1. The van der Waals surface area contributed by atoms with Crippen LogP contribution >= 0.6 is 0 Å². The highest BCUT2D eigenvalue weighted by atomic mass is 16.5. The number of primary amides is 1. The minimum absolute atomic E-state index is 0.0538. The maximum atomic E-state index is 11.6. The molecule has 1 aromatic carbocycles. The summed E-state index contributed by atoms with van der Waals surface area (Å²) in [5.74, 6) is -1.91. The Hall–Kier alpha value is -2.57. The summed E-state index contributed by atoms with van der Waals surface area (Å²) in [5.41, 5.74) is 4.94. The first-order valence-electron chi connectivity index (χ1n) is 5.97. The van der Waals surface area contributed by atoms with Crippen LogP contribution in [0, 0.1) is 0 Å². The molecule has 7 heteroatoms. The fourth-order valence-corrected chi connectivity index (χ4v) is 1.45. The summed E-state index contributed by atoms with van der Waals surface area (Å²) in [7, 11) is 0. The largest absolute Gasteiger partial charge is 0.484 e. The van der Waals surface area contributed by atoms with Gasteiger partial charge in [0.25, 0.3) is 5.91 Å². The molecule has 7 nitrogen and oxygen atoms in total. The molecule has 1 atom stereocenters. The van der Waals surface area contributed by atoms with Crippen LogP contribution in [0.5, 0.6) is 5.75 Å². The number of hydrogen-bond acceptors (Lipinski definition) is 4. The summed E-state index contributed by atoms with van der Waals surface area (Å²) in [5, 5.41) is 11.2. The van der Waals surface area contributed by atoms with Crippen LogP contribution in [-0.2, 0) is 14.4 Å². The van der Waals surface area contributed by atoms with Gasteiger partial charge in [-0.25, -0.2) is 4.79 Å². The zero-order valence-electron chi connectivity index (χ0n) is 10.7. The van der Waals surface area contributed by atoms with E-state index in [1.807, 2.05) is 0 Å². The highest BCUT2D eigenvalue weighted by molar-refractivity contribution is 5.85. The Morgan fingerprint density at radius 1 is 1.25 bits per heavy atom. The summed E-state index contributed by atoms with van der Waals surface area (Å²) >= 11 is 0. The lowest BCUT2D eigenvalue weighted by Gasteiger charge is -2.14. The Morgan fingerprint density at radius 2 is 1.90 bits per heavy atom. The van der Waals surface area contributed by atoms with Crippen LogP contribution in [0.1, 0.15) is 12.8 Å². The minimum Gasteiger partial charge on any atom is -0.484 e. The van der Waals surface area contributed by atoms with Gasteiger partial charge in [-0.3, -0.25) is 9.59 Å². The quantitative estimate of drug-likeness (QED) is 0.614. The van der Waals surface area contributed by atoms with Gasteiger partial charge in [-0.1, -0.05) is 18.2 Å². The average molecular weight is 280 g/mol. The van der Waals surface area contributed by atoms with Crippen LogP contribution in [0.3, 0.4) is 0 Å². The molecule has 0 heterocycles. The molecule has 0 aliphatic rings. The average Bonchev–Trinajstić information content (AvgIpc) is 2.41. The SMILES string of the molecule is NC(=O)CC[C@H](NC(=O)COc1ccccc1)C(=O)O. The lowest BCUT2D eigenvalue weighted by Crippen LogP contribution is -2.43. The molecule has 0 aliphatic heterocycles. The monoisotopic (exact) mass is 280 g/mol.